The maximum absolute atomic E-state index is 12.2. The van der Waals surface area contributed by atoms with Gasteiger partial charge in [0.05, 0.1) is 20.3 Å². The summed E-state index contributed by atoms with van der Waals surface area (Å²) in [5.41, 5.74) is 2.52. The molecule has 0 atom stereocenters. The van der Waals surface area contributed by atoms with Crippen LogP contribution in [0, 0.1) is 5.92 Å². The first-order valence-corrected chi connectivity index (χ1v) is 7.32. The Bertz CT molecular complexity index is 585. The summed E-state index contributed by atoms with van der Waals surface area (Å²) in [6.07, 6.45) is 2.55. The zero-order valence-electron chi connectivity index (χ0n) is 13.0. The lowest BCUT2D eigenvalue weighted by Gasteiger charge is -2.17. The van der Waals surface area contributed by atoms with Crippen LogP contribution in [-0.4, -0.2) is 32.3 Å². The van der Waals surface area contributed by atoms with Crippen LogP contribution in [0.2, 0.25) is 0 Å². The van der Waals surface area contributed by atoms with Gasteiger partial charge in [-0.05, 0) is 49.1 Å². The summed E-state index contributed by atoms with van der Waals surface area (Å²) in [6, 6.07) is 5.63. The third-order valence-electron chi connectivity index (χ3n) is 3.53. The first kappa shape index (κ1) is 16.1. The Morgan fingerprint density at radius 3 is 2.32 bits per heavy atom. The fourth-order valence-corrected chi connectivity index (χ4v) is 2.53. The van der Waals surface area contributed by atoms with E-state index >= 15 is 0 Å². The summed E-state index contributed by atoms with van der Waals surface area (Å²) >= 11 is 0. The number of allylic oxidation sites excluding steroid dienone is 1. The van der Waals surface area contributed by atoms with E-state index in [1.54, 1.807) is 21.0 Å². The average molecular weight is 304 g/mol. The Labute approximate surface area is 129 Å². The van der Waals surface area contributed by atoms with Gasteiger partial charge in [-0.1, -0.05) is 12.1 Å². The highest BCUT2D eigenvalue weighted by molar-refractivity contribution is 6.07. The van der Waals surface area contributed by atoms with E-state index in [0.717, 1.165) is 11.1 Å². The predicted molar refractivity (Wildman–Crippen MR) is 81.4 cm³/mol. The maximum atomic E-state index is 12.2. The van der Waals surface area contributed by atoms with Gasteiger partial charge in [0.1, 0.15) is 5.75 Å². The van der Waals surface area contributed by atoms with Gasteiger partial charge in [0.25, 0.3) is 0 Å². The van der Waals surface area contributed by atoms with Gasteiger partial charge >= 0.3 is 11.9 Å². The Hall–Kier alpha value is -2.30. The van der Waals surface area contributed by atoms with Crippen LogP contribution >= 0.6 is 0 Å². The van der Waals surface area contributed by atoms with Crippen molar-refractivity contribution in [3.05, 3.63) is 35.4 Å². The normalized spacial score (nSPS) is 12.6. The molecule has 1 aliphatic carbocycles. The second-order valence-electron chi connectivity index (χ2n) is 4.82. The van der Waals surface area contributed by atoms with Crippen LogP contribution in [0.1, 0.15) is 25.0 Å². The van der Waals surface area contributed by atoms with Crippen LogP contribution in [0.5, 0.6) is 5.75 Å². The summed E-state index contributed by atoms with van der Waals surface area (Å²) in [6.45, 7) is 3.85. The quantitative estimate of drug-likeness (QED) is 0.596. The SMILES string of the molecule is CCOC(=O)C(C(=O)OCC)C1=CCc2ccc(OC)cc21. The molecule has 0 fully saturated rings. The number of hydrogen-bond acceptors (Lipinski definition) is 5. The predicted octanol–water partition coefficient (Wildman–Crippen LogP) is 2.38. The molecule has 0 saturated heterocycles. The summed E-state index contributed by atoms with van der Waals surface area (Å²) in [7, 11) is 1.58. The third kappa shape index (κ3) is 3.13. The minimum absolute atomic E-state index is 0.215. The van der Waals surface area contributed by atoms with Crippen molar-refractivity contribution < 1.29 is 23.8 Å². The maximum Gasteiger partial charge on any atom is 0.324 e. The van der Waals surface area contributed by atoms with Gasteiger partial charge in [-0.15, -0.1) is 0 Å². The average Bonchev–Trinajstić information content (AvgIpc) is 2.91. The highest BCUT2D eigenvalue weighted by Crippen LogP contribution is 2.36. The Kier molecular flexibility index (Phi) is 5.20. The molecule has 0 N–H and O–H groups in total. The van der Waals surface area contributed by atoms with Gasteiger partial charge in [0.15, 0.2) is 5.92 Å². The molecule has 5 nitrogen and oxygen atoms in total. The number of rotatable bonds is 6. The van der Waals surface area contributed by atoms with Crippen molar-refractivity contribution in [1.82, 2.24) is 0 Å². The summed E-state index contributed by atoms with van der Waals surface area (Å²) in [5.74, 6) is -1.53. The van der Waals surface area contributed by atoms with Crippen LogP contribution in [0.4, 0.5) is 0 Å². The van der Waals surface area contributed by atoms with Crippen LogP contribution in [0.3, 0.4) is 0 Å². The second kappa shape index (κ2) is 7.11. The van der Waals surface area contributed by atoms with E-state index in [4.69, 9.17) is 14.2 Å². The van der Waals surface area contributed by atoms with Gasteiger partial charge < -0.3 is 14.2 Å². The molecule has 1 aliphatic rings. The lowest BCUT2D eigenvalue weighted by Crippen LogP contribution is -2.29. The zero-order chi connectivity index (χ0) is 16.1. The summed E-state index contributed by atoms with van der Waals surface area (Å²) < 4.78 is 15.3. The monoisotopic (exact) mass is 304 g/mol. The molecule has 1 aromatic rings. The second-order valence-corrected chi connectivity index (χ2v) is 4.82. The van der Waals surface area contributed by atoms with Crippen LogP contribution in [0.15, 0.2) is 24.3 Å². The smallest absolute Gasteiger partial charge is 0.324 e. The molecule has 0 aliphatic heterocycles. The highest BCUT2D eigenvalue weighted by Gasteiger charge is 2.36. The summed E-state index contributed by atoms with van der Waals surface area (Å²) in [4.78, 5) is 24.4. The first-order valence-electron chi connectivity index (χ1n) is 7.32. The highest BCUT2D eigenvalue weighted by atomic mass is 16.6. The van der Waals surface area contributed by atoms with Crippen LogP contribution in [-0.2, 0) is 25.5 Å². The minimum atomic E-state index is -1.05. The van der Waals surface area contributed by atoms with Crippen LogP contribution < -0.4 is 4.74 Å². The molecule has 1 aromatic carbocycles. The Balaban J connectivity index is 2.38. The van der Waals surface area contributed by atoms with E-state index in [1.807, 2.05) is 24.3 Å². The number of hydrogen-bond donors (Lipinski definition) is 0. The van der Waals surface area contributed by atoms with Crippen molar-refractivity contribution in [2.45, 2.75) is 20.3 Å². The lowest BCUT2D eigenvalue weighted by molar-refractivity contribution is -0.158. The molecule has 0 radical (unpaired) electrons. The van der Waals surface area contributed by atoms with Crippen molar-refractivity contribution in [2.75, 3.05) is 20.3 Å². The van der Waals surface area contributed by atoms with Gasteiger partial charge in [-0.25, -0.2) is 0 Å². The minimum Gasteiger partial charge on any atom is -0.497 e. The third-order valence-corrected chi connectivity index (χ3v) is 3.53. The van der Waals surface area contributed by atoms with Crippen molar-refractivity contribution in [1.29, 1.82) is 0 Å². The van der Waals surface area contributed by atoms with E-state index in [0.29, 0.717) is 17.7 Å². The molecule has 0 spiro atoms. The number of methoxy groups -OCH3 is 1. The molecule has 0 heterocycles. The molecule has 5 heteroatoms. The van der Waals surface area contributed by atoms with E-state index in [-0.39, 0.29) is 13.2 Å². The molecular weight excluding hydrogens is 284 g/mol. The standard InChI is InChI=1S/C17H20O5/c1-4-21-16(18)15(17(19)22-5-2)13-9-7-11-6-8-12(20-3)10-14(11)13/h6,8-10,15H,4-5,7H2,1-3H3. The molecular formula is C17H20O5. The van der Waals surface area contributed by atoms with Crippen molar-refractivity contribution in [3.63, 3.8) is 0 Å². The van der Waals surface area contributed by atoms with Gasteiger partial charge in [0, 0.05) is 0 Å². The largest absolute Gasteiger partial charge is 0.497 e. The first-order chi connectivity index (χ1) is 10.6. The Morgan fingerprint density at radius 1 is 1.14 bits per heavy atom. The molecule has 0 bridgehead atoms. The van der Waals surface area contributed by atoms with E-state index < -0.39 is 17.9 Å². The van der Waals surface area contributed by atoms with E-state index in [9.17, 15) is 9.59 Å². The fraction of sp³-hybridized carbons (Fsp3) is 0.412. The molecule has 118 valence electrons. The molecule has 0 saturated carbocycles. The number of ether oxygens (including phenoxy) is 3. The zero-order valence-corrected chi connectivity index (χ0v) is 13.0. The molecule has 22 heavy (non-hydrogen) atoms. The number of carbonyl (C=O) groups is 2. The number of benzene rings is 1. The van der Waals surface area contributed by atoms with Gasteiger partial charge in [0.2, 0.25) is 0 Å². The number of esters is 2. The van der Waals surface area contributed by atoms with Gasteiger partial charge in [-0.3, -0.25) is 9.59 Å². The number of carbonyl (C=O) groups excluding carboxylic acids is 2. The molecule has 2 rings (SSSR count). The Morgan fingerprint density at radius 2 is 1.77 bits per heavy atom. The lowest BCUT2D eigenvalue weighted by atomic mass is 9.93. The van der Waals surface area contributed by atoms with Crippen molar-refractivity contribution in [2.24, 2.45) is 5.92 Å². The van der Waals surface area contributed by atoms with E-state index in [1.165, 1.54) is 0 Å². The molecule has 0 amide bonds. The van der Waals surface area contributed by atoms with Gasteiger partial charge in [-0.2, -0.15) is 0 Å². The number of fused-ring (bicyclic) bond motifs is 1. The molecule has 0 unspecified atom stereocenters. The topological polar surface area (TPSA) is 61.8 Å². The van der Waals surface area contributed by atoms with Crippen LogP contribution in [0.25, 0.3) is 5.57 Å². The molecule has 0 aromatic heterocycles. The fourth-order valence-electron chi connectivity index (χ4n) is 2.53. The van der Waals surface area contributed by atoms with Crippen molar-refractivity contribution in [3.8, 4) is 5.75 Å². The summed E-state index contributed by atoms with van der Waals surface area (Å²) in [5, 5.41) is 0. The van der Waals surface area contributed by atoms with Crippen molar-refractivity contribution >= 4 is 17.5 Å². The van der Waals surface area contributed by atoms with E-state index in [2.05, 4.69) is 0 Å².